The number of ether oxygens (including phenoxy) is 2. The Labute approximate surface area is 118 Å². The van der Waals surface area contributed by atoms with Gasteiger partial charge in [-0.15, -0.1) is 0 Å². The van der Waals surface area contributed by atoms with Crippen molar-refractivity contribution in [1.29, 1.82) is 0 Å². The van der Waals surface area contributed by atoms with Crippen molar-refractivity contribution in [2.45, 2.75) is 37.0 Å². The molecule has 0 aliphatic rings. The van der Waals surface area contributed by atoms with Gasteiger partial charge in [-0.05, 0) is 12.8 Å². The van der Waals surface area contributed by atoms with Gasteiger partial charge in [-0.3, -0.25) is 0 Å². The highest BCUT2D eigenvalue weighted by Gasteiger charge is 2.58. The summed E-state index contributed by atoms with van der Waals surface area (Å²) in [6.07, 6.45) is -11.8. The zero-order valence-corrected chi connectivity index (χ0v) is 10.8. The lowest BCUT2D eigenvalue weighted by molar-refractivity contribution is -0.297. The SMILES string of the molecule is FC(F)(F)C(F)(F)COCCCCOCC(F)(F)C(F)(F)F. The normalized spacial score (nSPS) is 14.5. The highest BCUT2D eigenvalue weighted by molar-refractivity contribution is 4.75. The molecule has 12 heteroatoms. The second kappa shape index (κ2) is 7.66. The first kappa shape index (κ1) is 21.2. The van der Waals surface area contributed by atoms with E-state index in [1.165, 1.54) is 0 Å². The first-order chi connectivity index (χ1) is 9.71. The predicted molar refractivity (Wildman–Crippen MR) is 52.9 cm³/mol. The van der Waals surface area contributed by atoms with Crippen LogP contribution in [-0.4, -0.2) is 50.6 Å². The molecule has 0 amide bonds. The molecule has 0 N–H and O–H groups in total. The monoisotopic (exact) mass is 354 g/mol. The maximum atomic E-state index is 12.3. The van der Waals surface area contributed by atoms with Crippen LogP contribution in [0.15, 0.2) is 0 Å². The van der Waals surface area contributed by atoms with Gasteiger partial charge < -0.3 is 9.47 Å². The smallest absolute Gasteiger partial charge is 0.375 e. The molecule has 0 aromatic rings. The topological polar surface area (TPSA) is 18.5 Å². The average Bonchev–Trinajstić information content (AvgIpc) is 2.29. The summed E-state index contributed by atoms with van der Waals surface area (Å²) < 4.78 is 128. The Morgan fingerprint density at radius 3 is 1.00 bits per heavy atom. The molecule has 2 nitrogen and oxygen atoms in total. The van der Waals surface area contributed by atoms with Crippen LogP contribution >= 0.6 is 0 Å². The van der Waals surface area contributed by atoms with Crippen molar-refractivity contribution in [2.75, 3.05) is 26.4 Å². The number of alkyl halides is 10. The van der Waals surface area contributed by atoms with Gasteiger partial charge in [-0.1, -0.05) is 0 Å². The van der Waals surface area contributed by atoms with Crippen LogP contribution in [0.25, 0.3) is 0 Å². The van der Waals surface area contributed by atoms with Gasteiger partial charge in [-0.25, -0.2) is 0 Å². The van der Waals surface area contributed by atoms with Gasteiger partial charge in [0.05, 0.1) is 0 Å². The van der Waals surface area contributed by atoms with Crippen LogP contribution in [0.5, 0.6) is 0 Å². The fraction of sp³-hybridized carbons (Fsp3) is 1.00. The lowest BCUT2D eigenvalue weighted by Crippen LogP contribution is -2.41. The minimum atomic E-state index is -5.75. The van der Waals surface area contributed by atoms with E-state index in [1.807, 2.05) is 0 Å². The largest absolute Gasteiger partial charge is 0.455 e. The lowest BCUT2D eigenvalue weighted by atomic mass is 10.3. The summed E-state index contributed by atoms with van der Waals surface area (Å²) in [6.45, 7) is -4.90. The Kier molecular flexibility index (Phi) is 7.39. The molecule has 0 saturated carbocycles. The van der Waals surface area contributed by atoms with Gasteiger partial charge in [0, 0.05) is 13.2 Å². The molecule has 0 saturated heterocycles. The Balaban J connectivity index is 3.73. The molecule has 0 fully saturated rings. The summed E-state index contributed by atoms with van der Waals surface area (Å²) >= 11 is 0. The third-order valence-electron chi connectivity index (χ3n) is 2.22. The molecule has 0 bridgehead atoms. The minimum Gasteiger partial charge on any atom is -0.375 e. The minimum absolute atomic E-state index is 0.147. The van der Waals surface area contributed by atoms with Crippen LogP contribution in [0.1, 0.15) is 12.8 Å². The van der Waals surface area contributed by atoms with E-state index >= 15 is 0 Å². The van der Waals surface area contributed by atoms with Crippen LogP contribution in [-0.2, 0) is 9.47 Å². The summed E-state index contributed by atoms with van der Waals surface area (Å²) in [7, 11) is 0. The third kappa shape index (κ3) is 6.99. The fourth-order valence-corrected chi connectivity index (χ4v) is 0.973. The van der Waals surface area contributed by atoms with Crippen molar-refractivity contribution < 1.29 is 53.4 Å². The summed E-state index contributed by atoms with van der Waals surface area (Å²) in [6, 6.07) is 0. The molecule has 134 valence electrons. The standard InChI is InChI=1S/C10H12F10O2/c11-7(12,9(15,16)17)5-21-3-1-2-4-22-6-8(13,14)10(18,19)20/h1-6H2. The van der Waals surface area contributed by atoms with E-state index in [1.54, 1.807) is 0 Å². The van der Waals surface area contributed by atoms with Crippen LogP contribution in [0, 0.1) is 0 Å². The molecule has 22 heavy (non-hydrogen) atoms. The van der Waals surface area contributed by atoms with Crippen LogP contribution < -0.4 is 0 Å². The number of halogens is 10. The number of rotatable bonds is 9. The molecule has 0 radical (unpaired) electrons. The molecule has 0 spiro atoms. The van der Waals surface area contributed by atoms with E-state index in [0.29, 0.717) is 0 Å². The van der Waals surface area contributed by atoms with Crippen LogP contribution in [0.2, 0.25) is 0 Å². The quantitative estimate of drug-likeness (QED) is 0.457. The Hall–Kier alpha value is -0.780. The van der Waals surface area contributed by atoms with Crippen molar-refractivity contribution in [3.05, 3.63) is 0 Å². The molecule has 0 heterocycles. The summed E-state index contributed by atoms with van der Waals surface area (Å²) in [5.74, 6) is -10.0. The third-order valence-corrected chi connectivity index (χ3v) is 2.22. The van der Waals surface area contributed by atoms with Gasteiger partial charge in [0.25, 0.3) is 0 Å². The Bertz CT molecular complexity index is 291. The van der Waals surface area contributed by atoms with E-state index < -0.39 is 50.6 Å². The van der Waals surface area contributed by atoms with Gasteiger partial charge in [0.1, 0.15) is 13.2 Å². The van der Waals surface area contributed by atoms with Crippen molar-refractivity contribution in [1.82, 2.24) is 0 Å². The van der Waals surface area contributed by atoms with Gasteiger partial charge in [0.15, 0.2) is 0 Å². The van der Waals surface area contributed by atoms with Gasteiger partial charge >= 0.3 is 24.2 Å². The number of unbranched alkanes of at least 4 members (excludes halogenated alkanes) is 1. The average molecular weight is 354 g/mol. The van der Waals surface area contributed by atoms with Crippen molar-refractivity contribution in [2.24, 2.45) is 0 Å². The summed E-state index contributed by atoms with van der Waals surface area (Å²) in [5, 5.41) is 0. The second-order valence-corrected chi connectivity index (χ2v) is 4.22. The van der Waals surface area contributed by atoms with Crippen molar-refractivity contribution in [3.8, 4) is 0 Å². The molecule has 0 atom stereocenters. The Morgan fingerprint density at radius 1 is 0.500 bits per heavy atom. The number of hydrogen-bond donors (Lipinski definition) is 0. The molecule has 0 aliphatic heterocycles. The number of hydrogen-bond acceptors (Lipinski definition) is 2. The van der Waals surface area contributed by atoms with Crippen LogP contribution in [0.3, 0.4) is 0 Å². The highest BCUT2D eigenvalue weighted by atomic mass is 19.4. The van der Waals surface area contributed by atoms with Gasteiger partial charge in [0.2, 0.25) is 0 Å². The van der Waals surface area contributed by atoms with Crippen LogP contribution in [0.4, 0.5) is 43.9 Å². The van der Waals surface area contributed by atoms with E-state index in [4.69, 9.17) is 0 Å². The van der Waals surface area contributed by atoms with Gasteiger partial charge in [-0.2, -0.15) is 43.9 Å². The summed E-state index contributed by atoms with van der Waals surface area (Å²) in [4.78, 5) is 0. The first-order valence-corrected chi connectivity index (χ1v) is 5.75. The Morgan fingerprint density at radius 2 is 0.773 bits per heavy atom. The molecule has 0 aromatic heterocycles. The van der Waals surface area contributed by atoms with Crippen molar-refractivity contribution in [3.63, 3.8) is 0 Å². The second-order valence-electron chi connectivity index (χ2n) is 4.22. The summed E-state index contributed by atoms with van der Waals surface area (Å²) in [5.41, 5.74) is 0. The van der Waals surface area contributed by atoms with E-state index in [0.717, 1.165) is 0 Å². The molecule has 0 aromatic carbocycles. The maximum absolute atomic E-state index is 12.3. The molecule has 0 aliphatic carbocycles. The molecule has 0 unspecified atom stereocenters. The fourth-order valence-electron chi connectivity index (χ4n) is 0.973. The predicted octanol–water partition coefficient (Wildman–Crippen LogP) is 4.20. The first-order valence-electron chi connectivity index (χ1n) is 5.75. The maximum Gasteiger partial charge on any atom is 0.455 e. The molecular weight excluding hydrogens is 342 g/mol. The van der Waals surface area contributed by atoms with Crippen molar-refractivity contribution >= 4 is 0 Å². The van der Waals surface area contributed by atoms with E-state index in [9.17, 15) is 43.9 Å². The molecular formula is C10H12F10O2. The zero-order valence-electron chi connectivity index (χ0n) is 10.8. The zero-order chi connectivity index (χ0) is 17.7. The molecule has 0 rings (SSSR count). The van der Waals surface area contributed by atoms with E-state index in [-0.39, 0.29) is 12.8 Å². The highest BCUT2D eigenvalue weighted by Crippen LogP contribution is 2.36. The lowest BCUT2D eigenvalue weighted by Gasteiger charge is -2.20. The van der Waals surface area contributed by atoms with E-state index in [2.05, 4.69) is 9.47 Å².